The van der Waals surface area contributed by atoms with Gasteiger partial charge < -0.3 is 9.47 Å². The summed E-state index contributed by atoms with van der Waals surface area (Å²) in [5, 5.41) is 2.25. The fourth-order valence-corrected chi connectivity index (χ4v) is 4.11. The van der Waals surface area contributed by atoms with Crippen molar-refractivity contribution in [1.82, 2.24) is 0 Å². The first-order chi connectivity index (χ1) is 15.7. The van der Waals surface area contributed by atoms with Crippen LogP contribution in [0.3, 0.4) is 0 Å². The SMILES string of the molecule is CCCCCCCCCOc1ccc2c(ccc3c(F)c(OCCCCC)ccc32)c1F. The number of benzene rings is 3. The number of rotatable bonds is 14. The van der Waals surface area contributed by atoms with Crippen molar-refractivity contribution in [1.29, 1.82) is 0 Å². The van der Waals surface area contributed by atoms with Crippen LogP contribution >= 0.6 is 0 Å². The van der Waals surface area contributed by atoms with E-state index >= 15 is 4.39 Å². The minimum absolute atomic E-state index is 0.253. The Labute approximate surface area is 190 Å². The molecule has 0 fully saturated rings. The lowest BCUT2D eigenvalue weighted by molar-refractivity contribution is 0.291. The molecule has 0 spiro atoms. The van der Waals surface area contributed by atoms with Crippen LogP contribution in [0.2, 0.25) is 0 Å². The summed E-state index contributed by atoms with van der Waals surface area (Å²) < 4.78 is 41.4. The molecule has 3 aromatic carbocycles. The molecule has 0 radical (unpaired) electrons. The molecule has 2 nitrogen and oxygen atoms in total. The van der Waals surface area contributed by atoms with E-state index in [4.69, 9.17) is 9.47 Å². The van der Waals surface area contributed by atoms with Crippen LogP contribution in [0.5, 0.6) is 11.5 Å². The van der Waals surface area contributed by atoms with Crippen molar-refractivity contribution in [2.45, 2.75) is 78.1 Å². The van der Waals surface area contributed by atoms with Gasteiger partial charge in [0.15, 0.2) is 23.1 Å². The Morgan fingerprint density at radius 1 is 0.500 bits per heavy atom. The van der Waals surface area contributed by atoms with E-state index in [0.29, 0.717) is 34.8 Å². The van der Waals surface area contributed by atoms with Crippen molar-refractivity contribution in [2.24, 2.45) is 0 Å². The lowest BCUT2D eigenvalue weighted by atomic mass is 10.0. The Kier molecular flexibility index (Phi) is 9.58. The predicted octanol–water partition coefficient (Wildman–Crippen LogP) is 8.97. The van der Waals surface area contributed by atoms with Crippen molar-refractivity contribution in [2.75, 3.05) is 13.2 Å². The summed E-state index contributed by atoms with van der Waals surface area (Å²) >= 11 is 0. The van der Waals surface area contributed by atoms with Crippen LogP contribution in [-0.2, 0) is 0 Å². The van der Waals surface area contributed by atoms with Gasteiger partial charge in [0.2, 0.25) is 0 Å². The molecular weight excluding hydrogens is 406 g/mol. The van der Waals surface area contributed by atoms with Gasteiger partial charge >= 0.3 is 0 Å². The van der Waals surface area contributed by atoms with Gasteiger partial charge in [-0.3, -0.25) is 0 Å². The highest BCUT2D eigenvalue weighted by Gasteiger charge is 2.15. The summed E-state index contributed by atoms with van der Waals surface area (Å²) in [6.45, 7) is 5.34. The highest BCUT2D eigenvalue weighted by Crippen LogP contribution is 2.35. The van der Waals surface area contributed by atoms with Crippen LogP contribution in [0.1, 0.15) is 78.1 Å². The van der Waals surface area contributed by atoms with E-state index in [1.165, 1.54) is 32.1 Å². The molecule has 0 atom stereocenters. The van der Waals surface area contributed by atoms with E-state index in [2.05, 4.69) is 13.8 Å². The van der Waals surface area contributed by atoms with Gasteiger partial charge in [-0.05, 0) is 47.9 Å². The minimum Gasteiger partial charge on any atom is -0.490 e. The topological polar surface area (TPSA) is 18.5 Å². The molecule has 3 rings (SSSR count). The van der Waals surface area contributed by atoms with E-state index in [9.17, 15) is 4.39 Å². The van der Waals surface area contributed by atoms with E-state index < -0.39 is 0 Å². The Morgan fingerprint density at radius 3 is 1.38 bits per heavy atom. The second-order valence-corrected chi connectivity index (χ2v) is 8.54. The van der Waals surface area contributed by atoms with Crippen molar-refractivity contribution < 1.29 is 18.3 Å². The molecule has 4 heteroatoms. The van der Waals surface area contributed by atoms with Crippen LogP contribution < -0.4 is 9.47 Å². The maximum atomic E-state index is 15.1. The first-order valence-corrected chi connectivity index (χ1v) is 12.3. The standard InChI is InChI=1S/C28H36F2O2/c1-3-5-7-8-9-10-12-20-32-26-18-16-22-21-15-17-25(31-19-11-6-4-2)27(29)23(21)13-14-24(22)28(26)30/h13-18H,3-12,19-20H2,1-2H3. The lowest BCUT2D eigenvalue weighted by Crippen LogP contribution is -2.01. The first kappa shape index (κ1) is 24.3. The molecule has 0 aliphatic rings. The zero-order valence-electron chi connectivity index (χ0n) is 19.5. The molecule has 0 amide bonds. The molecule has 0 aliphatic carbocycles. The molecule has 174 valence electrons. The van der Waals surface area contributed by atoms with E-state index in [1.807, 2.05) is 12.1 Å². The molecule has 0 aliphatic heterocycles. The second-order valence-electron chi connectivity index (χ2n) is 8.54. The molecule has 0 heterocycles. The smallest absolute Gasteiger partial charge is 0.172 e. The van der Waals surface area contributed by atoms with Crippen LogP contribution in [0, 0.1) is 11.6 Å². The minimum atomic E-state index is -0.388. The van der Waals surface area contributed by atoms with Crippen LogP contribution in [0.15, 0.2) is 36.4 Å². The maximum Gasteiger partial charge on any atom is 0.172 e. The Hall–Kier alpha value is -2.36. The van der Waals surface area contributed by atoms with Crippen molar-refractivity contribution in [3.05, 3.63) is 48.0 Å². The van der Waals surface area contributed by atoms with Gasteiger partial charge in [-0.2, -0.15) is 0 Å². The molecular formula is C28H36F2O2. The Balaban J connectivity index is 1.67. The van der Waals surface area contributed by atoms with E-state index in [0.717, 1.165) is 32.1 Å². The largest absolute Gasteiger partial charge is 0.490 e. The van der Waals surface area contributed by atoms with Crippen molar-refractivity contribution >= 4 is 21.5 Å². The van der Waals surface area contributed by atoms with Gasteiger partial charge in [-0.1, -0.05) is 77.3 Å². The maximum absolute atomic E-state index is 15.1. The molecule has 0 saturated carbocycles. The third-order valence-corrected chi connectivity index (χ3v) is 6.01. The molecule has 3 aromatic rings. The summed E-state index contributed by atoms with van der Waals surface area (Å²) in [4.78, 5) is 0. The second kappa shape index (κ2) is 12.6. The quantitative estimate of drug-likeness (QED) is 0.183. The van der Waals surface area contributed by atoms with Gasteiger partial charge in [0, 0.05) is 10.8 Å². The van der Waals surface area contributed by atoms with Gasteiger partial charge in [0.05, 0.1) is 13.2 Å². The Bertz CT molecular complexity index is 1000. The van der Waals surface area contributed by atoms with E-state index in [1.54, 1.807) is 24.3 Å². The summed E-state index contributed by atoms with van der Waals surface area (Å²) in [5.74, 6) is -0.254. The zero-order valence-corrected chi connectivity index (χ0v) is 19.5. The molecule has 0 unspecified atom stereocenters. The van der Waals surface area contributed by atoms with Gasteiger partial charge in [0.25, 0.3) is 0 Å². The van der Waals surface area contributed by atoms with Crippen molar-refractivity contribution in [3.63, 3.8) is 0 Å². The number of ether oxygens (including phenoxy) is 2. The number of hydrogen-bond acceptors (Lipinski definition) is 2. The summed E-state index contributed by atoms with van der Waals surface area (Å²) in [5.41, 5.74) is 0. The monoisotopic (exact) mass is 442 g/mol. The molecule has 0 bridgehead atoms. The highest BCUT2D eigenvalue weighted by atomic mass is 19.1. The van der Waals surface area contributed by atoms with Gasteiger partial charge in [-0.15, -0.1) is 0 Å². The summed E-state index contributed by atoms with van der Waals surface area (Å²) in [7, 11) is 0. The van der Waals surface area contributed by atoms with Crippen LogP contribution in [0.25, 0.3) is 21.5 Å². The average molecular weight is 443 g/mol. The lowest BCUT2D eigenvalue weighted by Gasteiger charge is -2.13. The Morgan fingerprint density at radius 2 is 0.875 bits per heavy atom. The van der Waals surface area contributed by atoms with E-state index in [-0.39, 0.29) is 23.1 Å². The first-order valence-electron chi connectivity index (χ1n) is 12.3. The normalized spacial score (nSPS) is 11.4. The fraction of sp³-hybridized carbons (Fsp3) is 0.500. The molecule has 0 aromatic heterocycles. The third-order valence-electron chi connectivity index (χ3n) is 6.01. The third kappa shape index (κ3) is 6.11. The highest BCUT2D eigenvalue weighted by molar-refractivity contribution is 6.08. The molecule has 0 saturated heterocycles. The number of halogens is 2. The average Bonchev–Trinajstić information content (AvgIpc) is 2.81. The number of hydrogen-bond donors (Lipinski definition) is 0. The summed E-state index contributed by atoms with van der Waals surface area (Å²) in [6, 6.07) is 10.2. The van der Waals surface area contributed by atoms with Crippen LogP contribution in [0.4, 0.5) is 8.78 Å². The summed E-state index contributed by atoms with van der Waals surface area (Å²) in [6.07, 6.45) is 11.4. The fourth-order valence-electron chi connectivity index (χ4n) is 4.11. The molecule has 32 heavy (non-hydrogen) atoms. The van der Waals surface area contributed by atoms with Crippen LogP contribution in [-0.4, -0.2) is 13.2 Å². The number of fused-ring (bicyclic) bond motifs is 3. The molecule has 0 N–H and O–H groups in total. The number of unbranched alkanes of at least 4 members (excludes halogenated alkanes) is 8. The van der Waals surface area contributed by atoms with Gasteiger partial charge in [-0.25, -0.2) is 8.78 Å². The van der Waals surface area contributed by atoms with Gasteiger partial charge in [0.1, 0.15) is 0 Å². The zero-order chi connectivity index (χ0) is 22.8. The van der Waals surface area contributed by atoms with Crippen molar-refractivity contribution in [3.8, 4) is 11.5 Å². The predicted molar refractivity (Wildman–Crippen MR) is 130 cm³/mol.